The van der Waals surface area contributed by atoms with Crippen LogP contribution in [-0.4, -0.2) is 0 Å². The number of rotatable bonds is 1. The average Bonchev–Trinajstić information content (AvgIpc) is 2.70. The van der Waals surface area contributed by atoms with E-state index in [1.165, 1.54) is 33.9 Å². The van der Waals surface area contributed by atoms with Gasteiger partial charge in [0.15, 0.2) is 0 Å². The Morgan fingerprint density at radius 1 is 0.793 bits per heavy atom. The lowest BCUT2D eigenvalue weighted by molar-refractivity contribution is -0.140. The summed E-state index contributed by atoms with van der Waals surface area (Å²) in [5.41, 5.74) is 6.03. The molecule has 29 heavy (non-hydrogen) atoms. The third kappa shape index (κ3) is 3.91. The minimum absolute atomic E-state index is 0.214. The second-order valence-corrected chi connectivity index (χ2v) is 7.16. The zero-order valence-corrected chi connectivity index (χ0v) is 15.8. The van der Waals surface area contributed by atoms with Gasteiger partial charge in [-0.3, -0.25) is 0 Å². The molecule has 0 aromatic heterocycles. The van der Waals surface area contributed by atoms with Gasteiger partial charge in [0.25, 0.3) is 0 Å². The highest BCUT2D eigenvalue weighted by Gasteiger charge is 2.33. The van der Waals surface area contributed by atoms with E-state index in [1.54, 1.807) is 0 Å². The molecule has 0 radical (unpaired) electrons. The second kappa shape index (κ2) is 7.40. The molecule has 0 atom stereocenters. The molecule has 0 bridgehead atoms. The highest BCUT2D eigenvalue weighted by atomic mass is 19.4. The Balaban J connectivity index is 1.62. The predicted molar refractivity (Wildman–Crippen MR) is 106 cm³/mol. The number of hydrogen-bond donors (Lipinski definition) is 0. The van der Waals surface area contributed by atoms with Crippen molar-refractivity contribution in [1.82, 2.24) is 0 Å². The Morgan fingerprint density at radius 3 is 2.00 bits per heavy atom. The summed E-state index contributed by atoms with van der Waals surface area (Å²) in [5, 5.41) is 0. The van der Waals surface area contributed by atoms with Gasteiger partial charge in [0.2, 0.25) is 0 Å². The summed E-state index contributed by atoms with van der Waals surface area (Å²) < 4.78 is 51.7. The van der Waals surface area contributed by atoms with Gasteiger partial charge in [-0.1, -0.05) is 43.0 Å². The van der Waals surface area contributed by atoms with Crippen LogP contribution in [0.25, 0.3) is 11.1 Å². The molecule has 4 heteroatoms. The fourth-order valence-electron chi connectivity index (χ4n) is 3.71. The van der Waals surface area contributed by atoms with Crippen LogP contribution >= 0.6 is 0 Å². The molecular formula is C25H18F4. The Morgan fingerprint density at radius 2 is 1.38 bits per heavy atom. The van der Waals surface area contributed by atoms with Crippen molar-refractivity contribution in [2.24, 2.45) is 0 Å². The molecule has 0 saturated carbocycles. The van der Waals surface area contributed by atoms with E-state index in [4.69, 9.17) is 0 Å². The van der Waals surface area contributed by atoms with E-state index >= 15 is 0 Å². The lowest BCUT2D eigenvalue weighted by atomic mass is 9.84. The summed E-state index contributed by atoms with van der Waals surface area (Å²) in [7, 11) is 0. The maximum absolute atomic E-state index is 13.7. The predicted octanol–water partition coefficient (Wildman–Crippen LogP) is 6.57. The maximum atomic E-state index is 13.7. The smallest absolute Gasteiger partial charge is 0.206 e. The minimum Gasteiger partial charge on any atom is -0.206 e. The molecule has 0 saturated heterocycles. The van der Waals surface area contributed by atoms with E-state index in [2.05, 4.69) is 37.0 Å². The summed E-state index contributed by atoms with van der Waals surface area (Å²) >= 11 is 0. The van der Waals surface area contributed by atoms with Crippen molar-refractivity contribution in [3.63, 3.8) is 0 Å². The van der Waals surface area contributed by atoms with Crippen molar-refractivity contribution in [2.75, 3.05) is 0 Å². The number of hydrogen-bond acceptors (Lipinski definition) is 0. The second-order valence-electron chi connectivity index (χ2n) is 7.16. The van der Waals surface area contributed by atoms with Gasteiger partial charge in [0, 0.05) is 11.1 Å². The van der Waals surface area contributed by atoms with Crippen molar-refractivity contribution >= 4 is 0 Å². The van der Waals surface area contributed by atoms with Gasteiger partial charge in [-0.25, -0.2) is 4.39 Å². The largest absolute Gasteiger partial charge is 0.419 e. The van der Waals surface area contributed by atoms with Crippen LogP contribution in [0.3, 0.4) is 0 Å². The number of fused-ring (bicyclic) bond motifs is 3. The number of aryl methyl sites for hydroxylation is 3. The summed E-state index contributed by atoms with van der Waals surface area (Å²) in [6.45, 7) is 2.14. The van der Waals surface area contributed by atoms with Crippen LogP contribution in [0.5, 0.6) is 0 Å². The molecule has 1 aliphatic rings. The van der Waals surface area contributed by atoms with Crippen molar-refractivity contribution in [3.8, 4) is 23.0 Å². The van der Waals surface area contributed by atoms with Crippen LogP contribution < -0.4 is 0 Å². The molecule has 3 aromatic rings. The van der Waals surface area contributed by atoms with E-state index in [1.807, 2.05) is 18.2 Å². The van der Waals surface area contributed by atoms with E-state index in [0.29, 0.717) is 0 Å². The molecule has 146 valence electrons. The molecule has 1 aliphatic carbocycles. The summed E-state index contributed by atoms with van der Waals surface area (Å²) in [6, 6.07) is 15.3. The maximum Gasteiger partial charge on any atom is 0.419 e. The molecular weight excluding hydrogens is 376 g/mol. The quantitative estimate of drug-likeness (QED) is 0.323. The monoisotopic (exact) mass is 394 g/mol. The number of halogens is 4. The minimum atomic E-state index is -4.71. The normalized spacial score (nSPS) is 12.6. The summed E-state index contributed by atoms with van der Waals surface area (Å²) in [4.78, 5) is 0. The van der Waals surface area contributed by atoms with Gasteiger partial charge in [-0.05, 0) is 77.4 Å². The first-order valence-corrected chi connectivity index (χ1v) is 9.49. The summed E-state index contributed by atoms with van der Waals surface area (Å²) in [6.07, 6.45) is -1.81. The molecule has 0 spiro atoms. The first-order valence-electron chi connectivity index (χ1n) is 9.49. The molecule has 0 heterocycles. The van der Waals surface area contributed by atoms with E-state index in [-0.39, 0.29) is 5.56 Å². The van der Waals surface area contributed by atoms with E-state index in [0.717, 1.165) is 37.0 Å². The molecule has 0 fully saturated rings. The lowest BCUT2D eigenvalue weighted by Crippen LogP contribution is -2.07. The van der Waals surface area contributed by atoms with Crippen LogP contribution in [0, 0.1) is 17.7 Å². The van der Waals surface area contributed by atoms with Gasteiger partial charge >= 0.3 is 6.18 Å². The van der Waals surface area contributed by atoms with Gasteiger partial charge in [-0.15, -0.1) is 0 Å². The van der Waals surface area contributed by atoms with Crippen molar-refractivity contribution in [3.05, 3.63) is 93.8 Å². The van der Waals surface area contributed by atoms with Crippen LogP contribution in [-0.2, 0) is 25.4 Å². The van der Waals surface area contributed by atoms with Gasteiger partial charge in [0.1, 0.15) is 5.82 Å². The Bertz CT molecular complexity index is 1140. The Labute approximate surface area is 167 Å². The standard InChI is InChI=1S/C25H18F4/c1-2-16-5-10-21-19(13-16)8-9-20-14-17(6-11-22(20)21)3-4-18-7-12-23(24(26)15-18)25(27,28)29/h5-7,10-15H,2,8-9H2,1H3. The molecule has 0 unspecified atom stereocenters. The van der Waals surface area contributed by atoms with Crippen LogP contribution in [0.1, 0.15) is 40.3 Å². The molecule has 0 aliphatic heterocycles. The molecule has 0 N–H and O–H groups in total. The zero-order chi connectivity index (χ0) is 20.6. The highest BCUT2D eigenvalue weighted by molar-refractivity contribution is 5.74. The molecule has 4 rings (SSSR count). The highest BCUT2D eigenvalue weighted by Crippen LogP contribution is 2.35. The molecule has 3 aromatic carbocycles. The number of alkyl halides is 3. The topological polar surface area (TPSA) is 0 Å². The fourth-order valence-corrected chi connectivity index (χ4v) is 3.71. The third-order valence-corrected chi connectivity index (χ3v) is 5.26. The van der Waals surface area contributed by atoms with Crippen molar-refractivity contribution in [2.45, 2.75) is 32.4 Å². The first-order chi connectivity index (χ1) is 13.8. The van der Waals surface area contributed by atoms with Crippen molar-refractivity contribution in [1.29, 1.82) is 0 Å². The van der Waals surface area contributed by atoms with Gasteiger partial charge in [0.05, 0.1) is 5.56 Å². The van der Waals surface area contributed by atoms with E-state index < -0.39 is 17.6 Å². The summed E-state index contributed by atoms with van der Waals surface area (Å²) in [5.74, 6) is 4.40. The van der Waals surface area contributed by atoms with Crippen molar-refractivity contribution < 1.29 is 17.6 Å². The third-order valence-electron chi connectivity index (χ3n) is 5.26. The molecule has 0 amide bonds. The SMILES string of the molecule is CCc1ccc2c(c1)CCc1cc(C#Cc3ccc(C(F)(F)F)c(F)c3)ccc1-2. The van der Waals surface area contributed by atoms with E-state index in [9.17, 15) is 17.6 Å². The van der Waals surface area contributed by atoms with Crippen LogP contribution in [0.2, 0.25) is 0 Å². The van der Waals surface area contributed by atoms with Gasteiger partial charge < -0.3 is 0 Å². The Hall–Kier alpha value is -3.06. The average molecular weight is 394 g/mol. The first kappa shape index (κ1) is 19.3. The molecule has 0 nitrogen and oxygen atoms in total. The van der Waals surface area contributed by atoms with Gasteiger partial charge in [-0.2, -0.15) is 13.2 Å². The van der Waals surface area contributed by atoms with Crippen LogP contribution in [0.4, 0.5) is 17.6 Å². The number of benzene rings is 3. The van der Waals surface area contributed by atoms with Crippen LogP contribution in [0.15, 0.2) is 54.6 Å². The zero-order valence-electron chi connectivity index (χ0n) is 15.8. The Kier molecular flexibility index (Phi) is 4.92. The fraction of sp³-hybridized carbons (Fsp3) is 0.200. The lowest BCUT2D eigenvalue weighted by Gasteiger charge is -2.20.